The second-order valence-electron chi connectivity index (χ2n) is 3.37. The van der Waals surface area contributed by atoms with Gasteiger partial charge in [-0.05, 0) is 12.0 Å². The molecule has 0 aromatic heterocycles. The third-order valence-corrected chi connectivity index (χ3v) is 2.80. The van der Waals surface area contributed by atoms with E-state index in [-0.39, 0.29) is 12.0 Å². The second-order valence-corrected chi connectivity index (χ2v) is 4.95. The van der Waals surface area contributed by atoms with Gasteiger partial charge in [0.25, 0.3) is 10.1 Å². The van der Waals surface area contributed by atoms with Crippen molar-refractivity contribution >= 4 is 21.5 Å². The van der Waals surface area contributed by atoms with Crippen molar-refractivity contribution in [3.8, 4) is 0 Å². The van der Waals surface area contributed by atoms with Crippen LogP contribution in [0.15, 0.2) is 18.2 Å². The largest absolute Gasteiger partial charge is 0.346 e. The molecule has 0 unspecified atom stereocenters. The van der Waals surface area contributed by atoms with E-state index in [0.717, 1.165) is 12.1 Å². The Morgan fingerprint density at radius 1 is 1.11 bits per heavy atom. The van der Waals surface area contributed by atoms with Crippen LogP contribution in [0.4, 0.5) is 11.4 Å². The van der Waals surface area contributed by atoms with Crippen LogP contribution >= 0.6 is 0 Å². The van der Waals surface area contributed by atoms with Crippen LogP contribution in [0.3, 0.4) is 0 Å². The third-order valence-electron chi connectivity index (χ3n) is 2.08. The van der Waals surface area contributed by atoms with E-state index in [9.17, 15) is 28.6 Å². The van der Waals surface area contributed by atoms with E-state index < -0.39 is 37.1 Å². The monoisotopic (exact) mass is 276 g/mol. The number of nitro benzene ring substituents is 2. The van der Waals surface area contributed by atoms with Gasteiger partial charge in [0.15, 0.2) is 0 Å². The first-order valence-corrected chi connectivity index (χ1v) is 6.18. The molecule has 0 fully saturated rings. The van der Waals surface area contributed by atoms with Crippen LogP contribution in [0.5, 0.6) is 0 Å². The summed E-state index contributed by atoms with van der Waals surface area (Å²) < 4.78 is 29.6. The number of hydrogen-bond donors (Lipinski definition) is 1. The molecule has 0 saturated carbocycles. The first-order chi connectivity index (χ1) is 8.20. The molecule has 9 nitrogen and oxygen atoms in total. The van der Waals surface area contributed by atoms with Crippen LogP contribution in [-0.4, -0.2) is 28.6 Å². The summed E-state index contributed by atoms with van der Waals surface area (Å²) in [6, 6.07) is 3.05. The highest BCUT2D eigenvalue weighted by molar-refractivity contribution is 7.85. The minimum atomic E-state index is -4.19. The number of aryl methyl sites for hydroxylation is 1. The Balaban J connectivity index is 3.08. The first kappa shape index (κ1) is 14.0. The summed E-state index contributed by atoms with van der Waals surface area (Å²) >= 11 is 0. The Labute approximate surface area is 101 Å². The molecular weight excluding hydrogens is 268 g/mol. The average molecular weight is 276 g/mol. The Morgan fingerprint density at radius 2 is 1.67 bits per heavy atom. The van der Waals surface area contributed by atoms with E-state index in [4.69, 9.17) is 4.55 Å². The lowest BCUT2D eigenvalue weighted by Crippen LogP contribution is -2.07. The van der Waals surface area contributed by atoms with Crippen molar-refractivity contribution in [1.82, 2.24) is 0 Å². The predicted molar refractivity (Wildman–Crippen MR) is 59.9 cm³/mol. The van der Waals surface area contributed by atoms with Crippen LogP contribution in [-0.2, 0) is 16.5 Å². The molecule has 1 aromatic rings. The molecule has 0 radical (unpaired) electrons. The summed E-state index contributed by atoms with van der Waals surface area (Å²) in [6.45, 7) is 0. The zero-order chi connectivity index (χ0) is 13.9. The molecule has 98 valence electrons. The molecule has 0 saturated heterocycles. The first-order valence-electron chi connectivity index (χ1n) is 4.57. The third kappa shape index (κ3) is 3.75. The van der Waals surface area contributed by atoms with Crippen LogP contribution in [0, 0.1) is 20.2 Å². The minimum absolute atomic E-state index is 0.169. The zero-order valence-corrected chi connectivity index (χ0v) is 9.66. The van der Waals surface area contributed by atoms with Crippen LogP contribution in [0.2, 0.25) is 0 Å². The predicted octanol–water partition coefficient (Wildman–Crippen LogP) is 0.933. The SMILES string of the molecule is O=[N+]([O-])c1ccc(CCS(=O)(=O)O)cc1[N+](=O)[O-]. The molecule has 0 aliphatic rings. The van der Waals surface area contributed by atoms with Gasteiger partial charge in [-0.3, -0.25) is 24.8 Å². The lowest BCUT2D eigenvalue weighted by molar-refractivity contribution is -0.422. The molecule has 0 spiro atoms. The van der Waals surface area contributed by atoms with Crippen molar-refractivity contribution in [3.05, 3.63) is 44.0 Å². The van der Waals surface area contributed by atoms with Crippen LogP contribution < -0.4 is 0 Å². The van der Waals surface area contributed by atoms with Gasteiger partial charge in [0.05, 0.1) is 15.6 Å². The smallest absolute Gasteiger partial charge is 0.286 e. The molecule has 0 atom stereocenters. The quantitative estimate of drug-likeness (QED) is 0.479. The summed E-state index contributed by atoms with van der Waals surface area (Å²) in [5.41, 5.74) is -1.17. The summed E-state index contributed by atoms with van der Waals surface area (Å²) in [5, 5.41) is 21.1. The Morgan fingerprint density at radius 3 is 2.11 bits per heavy atom. The molecule has 0 heterocycles. The summed E-state index contributed by atoms with van der Waals surface area (Å²) in [6.07, 6.45) is -0.169. The van der Waals surface area contributed by atoms with E-state index in [1.165, 1.54) is 6.07 Å². The van der Waals surface area contributed by atoms with Gasteiger partial charge in [0.1, 0.15) is 0 Å². The van der Waals surface area contributed by atoms with Crippen LogP contribution in [0.25, 0.3) is 0 Å². The van der Waals surface area contributed by atoms with Gasteiger partial charge in [0, 0.05) is 12.1 Å². The molecule has 10 heteroatoms. The summed E-state index contributed by atoms with van der Waals surface area (Å²) in [7, 11) is -4.19. The highest BCUT2D eigenvalue weighted by Crippen LogP contribution is 2.27. The average Bonchev–Trinajstić information content (AvgIpc) is 2.24. The standard InChI is InChI=1S/C8H8N2O7S/c11-9(12)7-2-1-6(3-4-18(15,16)17)5-8(7)10(13)14/h1-2,5H,3-4H2,(H,15,16,17). The molecule has 1 N–H and O–H groups in total. The van der Waals surface area contributed by atoms with E-state index in [1.54, 1.807) is 0 Å². The molecule has 0 bridgehead atoms. The lowest BCUT2D eigenvalue weighted by Gasteiger charge is -2.00. The van der Waals surface area contributed by atoms with E-state index >= 15 is 0 Å². The molecule has 0 aliphatic carbocycles. The molecule has 1 rings (SSSR count). The van der Waals surface area contributed by atoms with Crippen LogP contribution in [0.1, 0.15) is 5.56 Å². The highest BCUT2D eigenvalue weighted by Gasteiger charge is 2.24. The van der Waals surface area contributed by atoms with E-state index in [0.29, 0.717) is 0 Å². The van der Waals surface area contributed by atoms with Gasteiger partial charge >= 0.3 is 11.4 Å². The maximum absolute atomic E-state index is 10.6. The molecule has 1 aromatic carbocycles. The Kier molecular flexibility index (Phi) is 3.93. The lowest BCUT2D eigenvalue weighted by atomic mass is 10.1. The topological polar surface area (TPSA) is 141 Å². The second kappa shape index (κ2) is 5.06. The van der Waals surface area contributed by atoms with Crippen molar-refractivity contribution in [3.63, 3.8) is 0 Å². The van der Waals surface area contributed by atoms with Crippen molar-refractivity contribution < 1.29 is 22.8 Å². The van der Waals surface area contributed by atoms with Crippen molar-refractivity contribution in [2.45, 2.75) is 6.42 Å². The molecule has 18 heavy (non-hydrogen) atoms. The number of rotatable bonds is 5. The van der Waals surface area contributed by atoms with Gasteiger partial charge in [-0.2, -0.15) is 8.42 Å². The maximum Gasteiger partial charge on any atom is 0.346 e. The minimum Gasteiger partial charge on any atom is -0.286 e. The molecule has 0 aliphatic heterocycles. The zero-order valence-electron chi connectivity index (χ0n) is 8.85. The summed E-state index contributed by atoms with van der Waals surface area (Å²) in [5.74, 6) is -0.609. The fourth-order valence-electron chi connectivity index (χ4n) is 1.27. The fourth-order valence-corrected chi connectivity index (χ4v) is 1.77. The maximum atomic E-state index is 10.6. The Hall–Kier alpha value is -2.07. The van der Waals surface area contributed by atoms with Gasteiger partial charge in [-0.25, -0.2) is 0 Å². The van der Waals surface area contributed by atoms with E-state index in [1.807, 2.05) is 0 Å². The number of hydrogen-bond acceptors (Lipinski definition) is 6. The van der Waals surface area contributed by atoms with Gasteiger partial charge in [-0.1, -0.05) is 6.07 Å². The molecular formula is C8H8N2O7S. The normalized spacial score (nSPS) is 11.2. The van der Waals surface area contributed by atoms with Gasteiger partial charge < -0.3 is 0 Å². The summed E-state index contributed by atoms with van der Waals surface area (Å²) in [4.78, 5) is 19.3. The van der Waals surface area contributed by atoms with Crippen molar-refractivity contribution in [2.75, 3.05) is 5.75 Å². The molecule has 0 amide bonds. The number of nitrogens with zero attached hydrogens (tertiary/aromatic N) is 2. The van der Waals surface area contributed by atoms with Gasteiger partial charge in [0.2, 0.25) is 0 Å². The van der Waals surface area contributed by atoms with E-state index in [2.05, 4.69) is 0 Å². The number of nitro groups is 2. The number of benzene rings is 1. The van der Waals surface area contributed by atoms with Crippen molar-refractivity contribution in [2.24, 2.45) is 0 Å². The van der Waals surface area contributed by atoms with Gasteiger partial charge in [-0.15, -0.1) is 0 Å². The van der Waals surface area contributed by atoms with Crippen molar-refractivity contribution in [1.29, 1.82) is 0 Å². The fraction of sp³-hybridized carbons (Fsp3) is 0.250. The highest BCUT2D eigenvalue weighted by atomic mass is 32.2. The Bertz CT molecular complexity index is 595.